The Labute approximate surface area is 130 Å². The average Bonchev–Trinajstić information content (AvgIpc) is 2.36. The van der Waals surface area contributed by atoms with Gasteiger partial charge in [-0.25, -0.2) is 0 Å². The lowest BCUT2D eigenvalue weighted by Gasteiger charge is -2.64. The molecule has 1 saturated heterocycles. The molecule has 2 saturated carbocycles. The highest BCUT2D eigenvalue weighted by atomic mass is 16.5. The van der Waals surface area contributed by atoms with Gasteiger partial charge in [-0.15, -0.1) is 6.58 Å². The highest BCUT2D eigenvalue weighted by molar-refractivity contribution is 5.13. The maximum atomic E-state index is 10.9. The van der Waals surface area contributed by atoms with Crippen molar-refractivity contribution >= 4 is 0 Å². The zero-order chi connectivity index (χ0) is 15.5. The van der Waals surface area contributed by atoms with Crippen LogP contribution < -0.4 is 0 Å². The van der Waals surface area contributed by atoms with Crippen LogP contribution in [0.25, 0.3) is 0 Å². The first kappa shape index (κ1) is 15.6. The molecule has 2 nitrogen and oxygen atoms in total. The van der Waals surface area contributed by atoms with E-state index < -0.39 is 5.60 Å². The summed E-state index contributed by atoms with van der Waals surface area (Å²) in [5.74, 6) is 0.983. The largest absolute Gasteiger partial charge is 0.390 e. The molecule has 6 atom stereocenters. The van der Waals surface area contributed by atoms with Crippen LogP contribution in [0.3, 0.4) is 0 Å². The number of hydrogen-bond donors (Lipinski definition) is 1. The van der Waals surface area contributed by atoms with Crippen LogP contribution in [0.4, 0.5) is 0 Å². The van der Waals surface area contributed by atoms with Gasteiger partial charge in [0.25, 0.3) is 0 Å². The number of aliphatic hydroxyl groups is 1. The minimum absolute atomic E-state index is 0.0557. The Balaban J connectivity index is 1.94. The van der Waals surface area contributed by atoms with Crippen molar-refractivity contribution in [3.8, 4) is 0 Å². The highest BCUT2D eigenvalue weighted by Crippen LogP contribution is 2.63. The van der Waals surface area contributed by atoms with Crippen LogP contribution >= 0.6 is 0 Å². The van der Waals surface area contributed by atoms with Crippen molar-refractivity contribution in [3.63, 3.8) is 0 Å². The number of hydrogen-bond acceptors (Lipinski definition) is 2. The van der Waals surface area contributed by atoms with Gasteiger partial charge in [0.15, 0.2) is 0 Å². The van der Waals surface area contributed by atoms with E-state index in [9.17, 15) is 5.11 Å². The maximum absolute atomic E-state index is 10.9. The molecule has 0 spiro atoms. The SMILES string of the molecule is C=C[C@@]1(C)CC[C@H]2[C@@]3(C)CCC[C@@](C)(O)[C@@H]3CC[C@@]2(C)O1. The first-order chi connectivity index (χ1) is 9.65. The van der Waals surface area contributed by atoms with Crippen molar-refractivity contribution in [2.75, 3.05) is 0 Å². The molecule has 3 aliphatic rings. The minimum atomic E-state index is -0.493. The van der Waals surface area contributed by atoms with Gasteiger partial charge < -0.3 is 9.84 Å². The first-order valence-electron chi connectivity index (χ1n) is 8.71. The third-order valence-corrected chi connectivity index (χ3v) is 7.24. The Morgan fingerprint density at radius 2 is 1.67 bits per heavy atom. The molecular weight excluding hydrogens is 260 g/mol. The molecule has 0 amide bonds. The minimum Gasteiger partial charge on any atom is -0.390 e. The lowest BCUT2D eigenvalue weighted by atomic mass is 9.46. The quantitative estimate of drug-likeness (QED) is 0.723. The fourth-order valence-electron chi connectivity index (χ4n) is 6.16. The molecular formula is C19H32O2. The van der Waals surface area contributed by atoms with Gasteiger partial charge >= 0.3 is 0 Å². The molecule has 2 heteroatoms. The molecule has 120 valence electrons. The molecule has 1 N–H and O–H groups in total. The summed E-state index contributed by atoms with van der Waals surface area (Å²) in [7, 11) is 0. The molecule has 1 heterocycles. The van der Waals surface area contributed by atoms with Gasteiger partial charge in [-0.1, -0.05) is 19.4 Å². The van der Waals surface area contributed by atoms with E-state index >= 15 is 0 Å². The summed E-state index contributed by atoms with van der Waals surface area (Å²) in [6.45, 7) is 13.0. The summed E-state index contributed by atoms with van der Waals surface area (Å²) in [5.41, 5.74) is -0.504. The normalized spacial score (nSPS) is 57.2. The van der Waals surface area contributed by atoms with Crippen molar-refractivity contribution in [2.45, 2.75) is 89.4 Å². The van der Waals surface area contributed by atoms with Gasteiger partial charge in [0, 0.05) is 0 Å². The van der Waals surface area contributed by atoms with E-state index in [1.807, 2.05) is 6.08 Å². The van der Waals surface area contributed by atoms with Crippen molar-refractivity contribution in [1.29, 1.82) is 0 Å². The molecule has 3 rings (SSSR count). The number of ether oxygens (including phenoxy) is 1. The second-order valence-corrected chi connectivity index (χ2v) is 8.83. The molecule has 0 radical (unpaired) electrons. The van der Waals surface area contributed by atoms with Gasteiger partial charge in [0.1, 0.15) is 0 Å². The van der Waals surface area contributed by atoms with E-state index in [1.165, 1.54) is 12.8 Å². The summed E-state index contributed by atoms with van der Waals surface area (Å²) in [4.78, 5) is 0. The second-order valence-electron chi connectivity index (χ2n) is 8.83. The van der Waals surface area contributed by atoms with Crippen molar-refractivity contribution in [1.82, 2.24) is 0 Å². The molecule has 0 aromatic rings. The summed E-state index contributed by atoms with van der Waals surface area (Å²) < 4.78 is 6.60. The summed E-state index contributed by atoms with van der Waals surface area (Å²) in [5, 5.41) is 10.9. The lowest BCUT2D eigenvalue weighted by molar-refractivity contribution is -0.261. The summed E-state index contributed by atoms with van der Waals surface area (Å²) >= 11 is 0. The Morgan fingerprint density at radius 1 is 1.00 bits per heavy atom. The van der Waals surface area contributed by atoms with Crippen LogP contribution in [0.1, 0.15) is 72.6 Å². The molecule has 1 aliphatic heterocycles. The van der Waals surface area contributed by atoms with E-state index in [4.69, 9.17) is 4.74 Å². The Bertz CT molecular complexity index is 443. The predicted molar refractivity (Wildman–Crippen MR) is 86.1 cm³/mol. The molecule has 0 aromatic carbocycles. The molecule has 2 aliphatic carbocycles. The van der Waals surface area contributed by atoms with Crippen LogP contribution in [0, 0.1) is 17.3 Å². The van der Waals surface area contributed by atoms with Crippen LogP contribution in [0.5, 0.6) is 0 Å². The zero-order valence-corrected chi connectivity index (χ0v) is 14.2. The average molecular weight is 292 g/mol. The lowest BCUT2D eigenvalue weighted by Crippen LogP contribution is -2.64. The van der Waals surface area contributed by atoms with E-state index in [0.717, 1.165) is 32.1 Å². The molecule has 0 unspecified atom stereocenters. The molecule has 0 aromatic heterocycles. The topological polar surface area (TPSA) is 29.5 Å². The fraction of sp³-hybridized carbons (Fsp3) is 0.895. The third kappa shape index (κ3) is 2.21. The van der Waals surface area contributed by atoms with Crippen molar-refractivity contribution < 1.29 is 9.84 Å². The van der Waals surface area contributed by atoms with Crippen LogP contribution in [-0.4, -0.2) is 21.9 Å². The van der Waals surface area contributed by atoms with E-state index in [-0.39, 0.29) is 16.6 Å². The van der Waals surface area contributed by atoms with Crippen LogP contribution in [0.2, 0.25) is 0 Å². The third-order valence-electron chi connectivity index (χ3n) is 7.24. The van der Waals surface area contributed by atoms with E-state index in [1.54, 1.807) is 0 Å². The first-order valence-corrected chi connectivity index (χ1v) is 8.71. The van der Waals surface area contributed by atoms with Gasteiger partial charge in [-0.3, -0.25) is 0 Å². The smallest absolute Gasteiger partial charge is 0.0839 e. The van der Waals surface area contributed by atoms with Crippen LogP contribution in [-0.2, 0) is 4.74 Å². The molecule has 0 bridgehead atoms. The Morgan fingerprint density at radius 3 is 2.33 bits per heavy atom. The summed E-state index contributed by atoms with van der Waals surface area (Å²) in [6, 6.07) is 0. The van der Waals surface area contributed by atoms with Crippen molar-refractivity contribution in [2.24, 2.45) is 17.3 Å². The fourth-order valence-corrected chi connectivity index (χ4v) is 6.16. The Hall–Kier alpha value is -0.340. The predicted octanol–water partition coefficient (Wildman–Crippen LogP) is 4.47. The zero-order valence-electron chi connectivity index (χ0n) is 14.2. The van der Waals surface area contributed by atoms with Gasteiger partial charge in [-0.05, 0) is 76.5 Å². The van der Waals surface area contributed by atoms with Gasteiger partial charge in [0.2, 0.25) is 0 Å². The van der Waals surface area contributed by atoms with Gasteiger partial charge in [-0.2, -0.15) is 0 Å². The van der Waals surface area contributed by atoms with E-state index in [0.29, 0.717) is 11.8 Å². The Kier molecular flexibility index (Phi) is 3.39. The van der Waals surface area contributed by atoms with Gasteiger partial charge in [0.05, 0.1) is 16.8 Å². The van der Waals surface area contributed by atoms with E-state index in [2.05, 4.69) is 34.3 Å². The monoisotopic (exact) mass is 292 g/mol. The maximum Gasteiger partial charge on any atom is 0.0839 e. The molecule has 3 fully saturated rings. The number of fused-ring (bicyclic) bond motifs is 3. The summed E-state index contributed by atoms with van der Waals surface area (Å²) in [6.07, 6.45) is 9.74. The van der Waals surface area contributed by atoms with Crippen molar-refractivity contribution in [3.05, 3.63) is 12.7 Å². The standard InChI is InChI=1S/C19H32O2/c1-6-16(2)12-8-15-17(3)10-7-11-18(4,20)14(17)9-13-19(15,5)21-16/h6,14-15,20H,1,7-13H2,2-5H3/t14-,15+,16+,17+,18-,19-/m1/s1. The van der Waals surface area contributed by atoms with Crippen LogP contribution in [0.15, 0.2) is 12.7 Å². The number of rotatable bonds is 1. The second kappa shape index (κ2) is 4.58. The highest BCUT2D eigenvalue weighted by Gasteiger charge is 2.61. The molecule has 21 heavy (non-hydrogen) atoms.